The minimum Gasteiger partial charge on any atom is -0.321 e. The van der Waals surface area contributed by atoms with Crippen LogP contribution in [0.15, 0.2) is 15.9 Å². The van der Waals surface area contributed by atoms with Gasteiger partial charge in [-0.2, -0.15) is 0 Å². The smallest absolute Gasteiger partial charge is 0.146 e. The van der Waals surface area contributed by atoms with Crippen molar-refractivity contribution in [2.24, 2.45) is 5.73 Å². The number of carbonyl (C=O) groups is 1. The standard InChI is InChI=1S/C8H10BrNOS/c1-5(11)7(10)4-6-2-3-8(9)12-6/h2-3,7H,4,10H2,1H3/t7-/m1/s1. The predicted octanol–water partition coefficient (Wildman–Crippen LogP) is 1.97. The van der Waals surface area contributed by atoms with Gasteiger partial charge in [-0.25, -0.2) is 0 Å². The third-order valence-electron chi connectivity index (χ3n) is 1.57. The molecular formula is C8H10BrNOS. The van der Waals surface area contributed by atoms with Crippen LogP contribution < -0.4 is 5.73 Å². The number of rotatable bonds is 3. The van der Waals surface area contributed by atoms with Crippen molar-refractivity contribution < 1.29 is 4.79 Å². The average molecular weight is 248 g/mol. The molecule has 0 unspecified atom stereocenters. The van der Waals surface area contributed by atoms with E-state index in [1.54, 1.807) is 11.3 Å². The van der Waals surface area contributed by atoms with Crippen molar-refractivity contribution in [3.8, 4) is 0 Å². The first kappa shape index (κ1) is 9.89. The van der Waals surface area contributed by atoms with Crippen molar-refractivity contribution in [3.63, 3.8) is 0 Å². The van der Waals surface area contributed by atoms with E-state index in [1.165, 1.54) is 6.92 Å². The summed E-state index contributed by atoms with van der Waals surface area (Å²) >= 11 is 4.97. The fraction of sp³-hybridized carbons (Fsp3) is 0.375. The molecule has 0 aliphatic rings. The van der Waals surface area contributed by atoms with Crippen molar-refractivity contribution in [2.45, 2.75) is 19.4 Å². The first-order valence-electron chi connectivity index (χ1n) is 3.60. The maximum atomic E-state index is 10.8. The summed E-state index contributed by atoms with van der Waals surface area (Å²) in [5.74, 6) is 0.0412. The van der Waals surface area contributed by atoms with Crippen LogP contribution in [0.1, 0.15) is 11.8 Å². The van der Waals surface area contributed by atoms with Crippen LogP contribution in [-0.4, -0.2) is 11.8 Å². The summed E-state index contributed by atoms with van der Waals surface area (Å²) in [7, 11) is 0. The number of hydrogen-bond acceptors (Lipinski definition) is 3. The first-order valence-corrected chi connectivity index (χ1v) is 5.21. The molecule has 1 aromatic rings. The molecule has 0 amide bonds. The van der Waals surface area contributed by atoms with Gasteiger partial charge in [0.25, 0.3) is 0 Å². The molecule has 12 heavy (non-hydrogen) atoms. The molecular weight excluding hydrogens is 238 g/mol. The zero-order chi connectivity index (χ0) is 9.14. The summed E-state index contributed by atoms with van der Waals surface area (Å²) in [5.41, 5.74) is 5.60. The van der Waals surface area contributed by atoms with Crippen LogP contribution in [0.5, 0.6) is 0 Å². The van der Waals surface area contributed by atoms with Gasteiger partial charge in [0.05, 0.1) is 9.83 Å². The van der Waals surface area contributed by atoms with Crippen molar-refractivity contribution >= 4 is 33.0 Å². The molecule has 0 aliphatic heterocycles. The van der Waals surface area contributed by atoms with Gasteiger partial charge < -0.3 is 5.73 Å². The van der Waals surface area contributed by atoms with E-state index < -0.39 is 0 Å². The van der Waals surface area contributed by atoms with Crippen molar-refractivity contribution in [1.82, 2.24) is 0 Å². The Hall–Kier alpha value is -0.190. The molecule has 1 rings (SSSR count). The Morgan fingerprint density at radius 3 is 2.83 bits per heavy atom. The Labute approximate surface area is 83.9 Å². The number of carbonyl (C=O) groups excluding carboxylic acids is 1. The van der Waals surface area contributed by atoms with Gasteiger partial charge >= 0.3 is 0 Å². The highest BCUT2D eigenvalue weighted by molar-refractivity contribution is 9.11. The van der Waals surface area contributed by atoms with Crippen LogP contribution in [0, 0.1) is 0 Å². The number of thiophene rings is 1. The van der Waals surface area contributed by atoms with Gasteiger partial charge in [0, 0.05) is 11.3 Å². The minimum absolute atomic E-state index is 0.0412. The third-order valence-corrected chi connectivity index (χ3v) is 3.22. The van der Waals surface area contributed by atoms with E-state index in [0.29, 0.717) is 6.42 Å². The maximum absolute atomic E-state index is 10.8. The molecule has 1 atom stereocenters. The number of ketones is 1. The Bertz CT molecular complexity index is 284. The molecule has 66 valence electrons. The molecule has 0 fully saturated rings. The molecule has 0 radical (unpaired) electrons. The molecule has 4 heteroatoms. The van der Waals surface area contributed by atoms with Gasteiger partial charge in [-0.1, -0.05) is 0 Å². The third kappa shape index (κ3) is 2.69. The van der Waals surface area contributed by atoms with E-state index in [0.717, 1.165) is 8.66 Å². The summed E-state index contributed by atoms with van der Waals surface area (Å²) < 4.78 is 1.08. The van der Waals surface area contributed by atoms with Crippen LogP contribution in [0.2, 0.25) is 0 Å². The molecule has 2 N–H and O–H groups in total. The number of hydrogen-bond donors (Lipinski definition) is 1. The van der Waals surface area contributed by atoms with Crippen LogP contribution in [0.4, 0.5) is 0 Å². The normalized spacial score (nSPS) is 12.9. The number of nitrogens with two attached hydrogens (primary N) is 1. The van der Waals surface area contributed by atoms with Crippen molar-refractivity contribution in [2.75, 3.05) is 0 Å². The zero-order valence-electron chi connectivity index (χ0n) is 6.71. The Morgan fingerprint density at radius 2 is 2.42 bits per heavy atom. The van der Waals surface area contributed by atoms with Gasteiger partial charge in [0.2, 0.25) is 0 Å². The lowest BCUT2D eigenvalue weighted by Crippen LogP contribution is -2.30. The second-order valence-electron chi connectivity index (χ2n) is 2.63. The maximum Gasteiger partial charge on any atom is 0.146 e. The van der Waals surface area contributed by atoms with Crippen LogP contribution in [0.3, 0.4) is 0 Å². The molecule has 0 aliphatic carbocycles. The predicted molar refractivity (Wildman–Crippen MR) is 54.4 cm³/mol. The summed E-state index contributed by atoms with van der Waals surface area (Å²) in [5, 5.41) is 0. The monoisotopic (exact) mass is 247 g/mol. The lowest BCUT2D eigenvalue weighted by molar-refractivity contribution is -0.118. The van der Waals surface area contributed by atoms with Gasteiger partial charge in [-0.05, 0) is 35.0 Å². The molecule has 0 saturated heterocycles. The van der Waals surface area contributed by atoms with Crippen LogP contribution in [-0.2, 0) is 11.2 Å². The van der Waals surface area contributed by atoms with E-state index in [-0.39, 0.29) is 11.8 Å². The highest BCUT2D eigenvalue weighted by Crippen LogP contribution is 2.22. The molecule has 2 nitrogen and oxygen atoms in total. The molecule has 1 aromatic heterocycles. The largest absolute Gasteiger partial charge is 0.321 e. The lowest BCUT2D eigenvalue weighted by Gasteiger charge is -2.03. The number of Topliss-reactive ketones (excluding diaryl/α,β-unsaturated/α-hetero) is 1. The Kier molecular flexibility index (Phi) is 3.43. The Balaban J connectivity index is 2.58. The van der Waals surface area contributed by atoms with E-state index in [4.69, 9.17) is 5.73 Å². The molecule has 0 spiro atoms. The topological polar surface area (TPSA) is 43.1 Å². The second-order valence-corrected chi connectivity index (χ2v) is 5.17. The fourth-order valence-corrected chi connectivity index (χ4v) is 2.36. The van der Waals surface area contributed by atoms with E-state index in [2.05, 4.69) is 15.9 Å². The van der Waals surface area contributed by atoms with E-state index in [1.807, 2.05) is 12.1 Å². The summed E-state index contributed by atoms with van der Waals surface area (Å²) in [6, 6.07) is 3.60. The van der Waals surface area contributed by atoms with Crippen molar-refractivity contribution in [3.05, 3.63) is 20.8 Å². The summed E-state index contributed by atoms with van der Waals surface area (Å²) in [6.07, 6.45) is 0.644. The van der Waals surface area contributed by atoms with Gasteiger partial charge in [-0.15, -0.1) is 11.3 Å². The minimum atomic E-state index is -0.351. The molecule has 0 bridgehead atoms. The highest BCUT2D eigenvalue weighted by Gasteiger charge is 2.09. The fourth-order valence-electron chi connectivity index (χ4n) is 0.822. The first-order chi connectivity index (χ1) is 5.59. The van der Waals surface area contributed by atoms with Crippen LogP contribution in [0.25, 0.3) is 0 Å². The van der Waals surface area contributed by atoms with E-state index in [9.17, 15) is 4.79 Å². The summed E-state index contributed by atoms with van der Waals surface area (Å²) in [4.78, 5) is 12.0. The molecule has 0 aromatic carbocycles. The lowest BCUT2D eigenvalue weighted by atomic mass is 10.1. The SMILES string of the molecule is CC(=O)[C@H](N)Cc1ccc(Br)s1. The quantitative estimate of drug-likeness (QED) is 0.888. The van der Waals surface area contributed by atoms with Gasteiger partial charge in [0.1, 0.15) is 5.78 Å². The van der Waals surface area contributed by atoms with Gasteiger partial charge in [0.15, 0.2) is 0 Å². The van der Waals surface area contributed by atoms with Crippen molar-refractivity contribution in [1.29, 1.82) is 0 Å². The molecule has 1 heterocycles. The Morgan fingerprint density at radius 1 is 1.75 bits per heavy atom. The molecule has 0 saturated carbocycles. The second kappa shape index (κ2) is 4.16. The summed E-state index contributed by atoms with van der Waals surface area (Å²) in [6.45, 7) is 1.52. The zero-order valence-corrected chi connectivity index (χ0v) is 9.11. The number of halogens is 1. The average Bonchev–Trinajstić information content (AvgIpc) is 2.35. The highest BCUT2D eigenvalue weighted by atomic mass is 79.9. The van der Waals surface area contributed by atoms with Crippen LogP contribution >= 0.6 is 27.3 Å². The van der Waals surface area contributed by atoms with Gasteiger partial charge in [-0.3, -0.25) is 4.79 Å². The van der Waals surface area contributed by atoms with E-state index >= 15 is 0 Å².